The van der Waals surface area contributed by atoms with E-state index in [1.807, 2.05) is 28.5 Å². The molecule has 218 valence electrons. The quantitative estimate of drug-likeness (QED) is 0.0912. The summed E-state index contributed by atoms with van der Waals surface area (Å²) in [6.45, 7) is 8.76. The highest BCUT2D eigenvalue weighted by atomic mass is 33.1. The van der Waals surface area contributed by atoms with Crippen LogP contribution in [0.1, 0.15) is 33.6 Å². The Morgan fingerprint density at radius 1 is 0.784 bits per heavy atom. The van der Waals surface area contributed by atoms with Crippen LogP contribution < -0.4 is 10.2 Å². The van der Waals surface area contributed by atoms with Gasteiger partial charge in [0.25, 0.3) is 0 Å². The topological polar surface area (TPSA) is 112 Å². The number of H-pyrrole nitrogens is 1. The minimum Gasteiger partial charge on any atom is -0.377 e. The Bertz CT molecular complexity index is 717. The fourth-order valence-corrected chi connectivity index (χ4v) is 9.53. The molecule has 0 unspecified atom stereocenters. The van der Waals surface area contributed by atoms with Crippen molar-refractivity contribution in [2.45, 2.75) is 45.7 Å². The van der Waals surface area contributed by atoms with Crippen molar-refractivity contribution in [3.05, 3.63) is 4.77 Å². The molecular weight excluding hydrogens is 571 g/mol. The van der Waals surface area contributed by atoms with Crippen LogP contribution in [0.2, 0.25) is 12.1 Å². The Labute approximate surface area is 238 Å². The van der Waals surface area contributed by atoms with E-state index in [0.717, 1.165) is 62.0 Å². The van der Waals surface area contributed by atoms with E-state index < -0.39 is 17.6 Å². The molecule has 0 saturated heterocycles. The molecule has 16 heteroatoms. The van der Waals surface area contributed by atoms with Gasteiger partial charge in [-0.2, -0.15) is 9.97 Å². The van der Waals surface area contributed by atoms with Gasteiger partial charge in [-0.05, 0) is 45.8 Å². The predicted molar refractivity (Wildman–Crippen MR) is 162 cm³/mol. The van der Waals surface area contributed by atoms with Crippen molar-refractivity contribution in [3.8, 4) is 0 Å². The Morgan fingerprint density at radius 2 is 1.22 bits per heavy atom. The number of hydrogen-bond acceptors (Lipinski definition) is 13. The zero-order chi connectivity index (χ0) is 28.2. The monoisotopic (exact) mass is 617 g/mol. The summed E-state index contributed by atoms with van der Waals surface area (Å²) < 4.78 is 32.8. The first-order valence-electron chi connectivity index (χ1n) is 12.3. The van der Waals surface area contributed by atoms with Gasteiger partial charge in [-0.3, -0.25) is 4.98 Å². The van der Waals surface area contributed by atoms with Crippen molar-refractivity contribution < 1.29 is 26.6 Å². The smallest absolute Gasteiger partial charge is 0.377 e. The molecule has 0 spiro atoms. The molecule has 1 rings (SSSR count). The van der Waals surface area contributed by atoms with Crippen LogP contribution in [0.3, 0.4) is 0 Å². The van der Waals surface area contributed by atoms with Gasteiger partial charge in [0.2, 0.25) is 16.7 Å². The van der Waals surface area contributed by atoms with Crippen LogP contribution in [0.4, 0.5) is 11.9 Å². The van der Waals surface area contributed by atoms with E-state index in [4.69, 9.17) is 38.8 Å². The standard InChI is InChI=1S/C12H30O6S2Si2.C9H17N5S/c1-13-21(14-2,15-3)11-7-9-19-20-10-8-12-22(16-4,17-5)18-6;1-4-10-7-11-8(13-9(15)12-7)14(5-2)6-3/h7-12H2,1-6H3;4-6H2,1-3H3,(H2,10,11,12,13,15). The molecular formula is C21H47N5O6S3Si2. The minimum atomic E-state index is -2.40. The second kappa shape index (κ2) is 21.5. The van der Waals surface area contributed by atoms with Crippen molar-refractivity contribution >= 4 is 63.3 Å². The summed E-state index contributed by atoms with van der Waals surface area (Å²) in [7, 11) is 8.84. The van der Waals surface area contributed by atoms with Crippen LogP contribution in [0.15, 0.2) is 0 Å². The first-order chi connectivity index (χ1) is 17.8. The molecule has 0 aromatic carbocycles. The summed E-state index contributed by atoms with van der Waals surface area (Å²) in [4.78, 5) is 13.5. The van der Waals surface area contributed by atoms with E-state index in [1.165, 1.54) is 0 Å². The first-order valence-corrected chi connectivity index (χ1v) is 19.1. The number of nitrogens with one attached hydrogen (secondary N) is 2. The molecule has 0 saturated carbocycles. The fraction of sp³-hybridized carbons (Fsp3) is 0.857. The van der Waals surface area contributed by atoms with Crippen LogP contribution in [0.25, 0.3) is 0 Å². The van der Waals surface area contributed by atoms with E-state index in [1.54, 1.807) is 42.7 Å². The third kappa shape index (κ3) is 14.1. The summed E-state index contributed by atoms with van der Waals surface area (Å²) >= 11 is 5.01. The zero-order valence-corrected chi connectivity index (χ0v) is 28.3. The maximum absolute atomic E-state index is 5.40. The minimum absolute atomic E-state index is 0.367. The van der Waals surface area contributed by atoms with Crippen molar-refractivity contribution in [1.82, 2.24) is 15.0 Å². The van der Waals surface area contributed by atoms with E-state index in [2.05, 4.69) is 39.0 Å². The predicted octanol–water partition coefficient (Wildman–Crippen LogP) is 4.72. The Kier molecular flexibility index (Phi) is 21.4. The number of anilines is 2. The van der Waals surface area contributed by atoms with Crippen molar-refractivity contribution in [2.75, 3.05) is 84.0 Å². The number of rotatable bonds is 20. The molecule has 1 heterocycles. The molecule has 1 aromatic rings. The summed E-state index contributed by atoms with van der Waals surface area (Å²) in [5.74, 6) is 3.56. The Morgan fingerprint density at radius 3 is 1.57 bits per heavy atom. The van der Waals surface area contributed by atoms with Crippen molar-refractivity contribution in [1.29, 1.82) is 0 Å². The highest BCUT2D eigenvalue weighted by molar-refractivity contribution is 8.76. The molecule has 11 nitrogen and oxygen atoms in total. The number of nitrogens with zero attached hydrogens (tertiary/aromatic N) is 3. The molecule has 0 atom stereocenters. The number of aromatic nitrogens is 3. The van der Waals surface area contributed by atoms with E-state index in [9.17, 15) is 0 Å². The molecule has 0 aliphatic carbocycles. The van der Waals surface area contributed by atoms with Gasteiger partial charge in [0.15, 0.2) is 0 Å². The molecule has 0 bridgehead atoms. The van der Waals surface area contributed by atoms with Gasteiger partial charge < -0.3 is 36.8 Å². The van der Waals surface area contributed by atoms with Crippen LogP contribution in [0.5, 0.6) is 0 Å². The zero-order valence-electron chi connectivity index (χ0n) is 23.9. The summed E-state index contributed by atoms with van der Waals surface area (Å²) in [6, 6.07) is 1.69. The van der Waals surface area contributed by atoms with Crippen LogP contribution in [-0.4, -0.2) is 106 Å². The largest absolute Gasteiger partial charge is 0.500 e. The van der Waals surface area contributed by atoms with E-state index in [-0.39, 0.29) is 0 Å². The lowest BCUT2D eigenvalue weighted by molar-refractivity contribution is 0.123. The SMILES string of the molecule is CCNc1nc(=S)nc(N(CC)CC)[nH]1.CO[Si](CCCSSCCC[Si](OC)(OC)OC)(OC)OC. The van der Waals surface area contributed by atoms with Gasteiger partial charge in [0, 0.05) is 85.9 Å². The molecule has 0 fully saturated rings. The second-order valence-electron chi connectivity index (χ2n) is 7.45. The number of aromatic amines is 1. The summed E-state index contributed by atoms with van der Waals surface area (Å²) in [6.07, 6.45) is 2.04. The normalized spacial score (nSPS) is 11.7. The third-order valence-electron chi connectivity index (χ3n) is 5.42. The lowest BCUT2D eigenvalue weighted by Crippen LogP contribution is -2.42. The maximum atomic E-state index is 5.40. The highest BCUT2D eigenvalue weighted by Gasteiger charge is 2.37. The molecule has 2 N–H and O–H groups in total. The molecule has 1 aromatic heterocycles. The van der Waals surface area contributed by atoms with Gasteiger partial charge >= 0.3 is 17.6 Å². The molecule has 37 heavy (non-hydrogen) atoms. The average molecular weight is 618 g/mol. The Balaban J connectivity index is 0.000000749. The average Bonchev–Trinajstić information content (AvgIpc) is 2.92. The maximum Gasteiger partial charge on any atom is 0.500 e. The van der Waals surface area contributed by atoms with Gasteiger partial charge in [0.1, 0.15) is 0 Å². The first kappa shape index (κ1) is 36.7. The van der Waals surface area contributed by atoms with Gasteiger partial charge in [-0.25, -0.2) is 0 Å². The highest BCUT2D eigenvalue weighted by Crippen LogP contribution is 2.27. The van der Waals surface area contributed by atoms with Crippen molar-refractivity contribution in [3.63, 3.8) is 0 Å². The van der Waals surface area contributed by atoms with Crippen LogP contribution in [-0.2, 0) is 26.6 Å². The fourth-order valence-electron chi connectivity index (χ4n) is 3.22. The number of hydrogen-bond donors (Lipinski definition) is 2. The molecule has 0 amide bonds. The molecule has 0 aliphatic heterocycles. The van der Waals surface area contributed by atoms with E-state index in [0.29, 0.717) is 10.7 Å². The summed E-state index contributed by atoms with van der Waals surface area (Å²) in [5.41, 5.74) is 0. The second-order valence-corrected chi connectivity index (χ2v) is 16.7. The molecule has 0 aliphatic rings. The van der Waals surface area contributed by atoms with Crippen LogP contribution in [0, 0.1) is 4.77 Å². The van der Waals surface area contributed by atoms with E-state index >= 15 is 0 Å². The van der Waals surface area contributed by atoms with Gasteiger partial charge in [-0.15, -0.1) is 0 Å². The molecule has 0 radical (unpaired) electrons. The van der Waals surface area contributed by atoms with Gasteiger partial charge in [-0.1, -0.05) is 21.6 Å². The lowest BCUT2D eigenvalue weighted by atomic mass is 10.5. The summed E-state index contributed by atoms with van der Waals surface area (Å²) in [5, 5.41) is 3.09. The Hall–Kier alpha value is -0.276. The third-order valence-corrected chi connectivity index (χ3v) is 13.8. The van der Waals surface area contributed by atoms with Crippen LogP contribution >= 0.6 is 33.8 Å². The van der Waals surface area contributed by atoms with Gasteiger partial charge in [0.05, 0.1) is 0 Å². The lowest BCUT2D eigenvalue weighted by Gasteiger charge is -2.24. The van der Waals surface area contributed by atoms with Crippen molar-refractivity contribution in [2.24, 2.45) is 0 Å².